The van der Waals surface area contributed by atoms with E-state index in [-0.39, 0.29) is 24.4 Å². The Labute approximate surface area is 144 Å². The Kier molecular flexibility index (Phi) is 6.63. The van der Waals surface area contributed by atoms with Crippen molar-refractivity contribution < 1.29 is 14.4 Å². The van der Waals surface area contributed by atoms with Crippen molar-refractivity contribution in [3.63, 3.8) is 0 Å². The zero-order valence-electron chi connectivity index (χ0n) is 15.0. The van der Waals surface area contributed by atoms with Gasteiger partial charge in [-0.3, -0.25) is 14.5 Å². The Morgan fingerprint density at radius 2 is 1.92 bits per heavy atom. The van der Waals surface area contributed by atoms with Crippen LogP contribution < -0.4 is 10.6 Å². The van der Waals surface area contributed by atoms with Crippen LogP contribution in [0.3, 0.4) is 0 Å². The number of imide groups is 1. The van der Waals surface area contributed by atoms with Crippen molar-refractivity contribution in [2.75, 3.05) is 6.54 Å². The maximum Gasteiger partial charge on any atom is 0.325 e. The first-order chi connectivity index (χ1) is 11.5. The lowest BCUT2D eigenvalue weighted by molar-refractivity contribution is -0.136. The lowest BCUT2D eigenvalue weighted by Crippen LogP contribution is -2.49. The van der Waals surface area contributed by atoms with Gasteiger partial charge in [-0.05, 0) is 26.2 Å². The molecule has 4 amide bonds. The normalized spacial score (nSPS) is 21.0. The number of carbonyl (C=O) groups is 3. The van der Waals surface area contributed by atoms with Gasteiger partial charge in [0.15, 0.2) is 0 Å². The predicted molar refractivity (Wildman–Crippen MR) is 92.4 cm³/mol. The van der Waals surface area contributed by atoms with Crippen LogP contribution in [-0.2, 0) is 9.59 Å². The fourth-order valence-electron chi connectivity index (χ4n) is 3.73. The van der Waals surface area contributed by atoms with Crippen LogP contribution in [0.2, 0.25) is 0 Å². The summed E-state index contributed by atoms with van der Waals surface area (Å²) in [6.07, 6.45) is 9.94. The standard InChI is InChI=1S/C18H31N3O3/c1-3-4-5-7-10-14(2)19-15(22)13-21-16(23)18(20-17(21)24)11-8-6-9-12-18/h14H,3-13H2,1-2H3,(H,19,22)(H,20,24)/t14-/m0/s1. The monoisotopic (exact) mass is 337 g/mol. The maximum absolute atomic E-state index is 12.6. The maximum atomic E-state index is 12.6. The van der Waals surface area contributed by atoms with Crippen molar-refractivity contribution in [3.05, 3.63) is 0 Å². The molecule has 0 unspecified atom stereocenters. The molecule has 1 aliphatic carbocycles. The highest BCUT2D eigenvalue weighted by atomic mass is 16.2. The number of hydrogen-bond donors (Lipinski definition) is 2. The molecule has 1 aliphatic heterocycles. The number of urea groups is 1. The Hall–Kier alpha value is -1.59. The summed E-state index contributed by atoms with van der Waals surface area (Å²) in [6, 6.07) is -0.355. The van der Waals surface area contributed by atoms with Gasteiger partial charge in [-0.15, -0.1) is 0 Å². The molecule has 2 aliphatic rings. The SMILES string of the molecule is CCCCCC[C@H](C)NC(=O)CN1C(=O)NC2(CCCCC2)C1=O. The van der Waals surface area contributed by atoms with Gasteiger partial charge in [-0.1, -0.05) is 51.9 Å². The van der Waals surface area contributed by atoms with Crippen LogP contribution >= 0.6 is 0 Å². The Morgan fingerprint density at radius 1 is 1.21 bits per heavy atom. The second-order valence-electron chi connectivity index (χ2n) is 7.28. The molecule has 1 atom stereocenters. The van der Waals surface area contributed by atoms with Gasteiger partial charge in [0, 0.05) is 6.04 Å². The van der Waals surface area contributed by atoms with E-state index in [9.17, 15) is 14.4 Å². The minimum absolute atomic E-state index is 0.0683. The fraction of sp³-hybridized carbons (Fsp3) is 0.833. The van der Waals surface area contributed by atoms with Crippen LogP contribution in [0.1, 0.15) is 78.1 Å². The molecule has 136 valence electrons. The van der Waals surface area contributed by atoms with Gasteiger partial charge in [0.1, 0.15) is 12.1 Å². The van der Waals surface area contributed by atoms with E-state index in [4.69, 9.17) is 0 Å². The van der Waals surface area contributed by atoms with Gasteiger partial charge in [-0.2, -0.15) is 0 Å². The largest absolute Gasteiger partial charge is 0.352 e. The van der Waals surface area contributed by atoms with E-state index in [0.29, 0.717) is 12.8 Å². The van der Waals surface area contributed by atoms with Gasteiger partial charge < -0.3 is 10.6 Å². The molecular weight excluding hydrogens is 306 g/mol. The zero-order valence-corrected chi connectivity index (χ0v) is 15.0. The van der Waals surface area contributed by atoms with Crippen molar-refractivity contribution in [3.8, 4) is 0 Å². The van der Waals surface area contributed by atoms with Crippen LogP contribution in [0.5, 0.6) is 0 Å². The molecule has 24 heavy (non-hydrogen) atoms. The van der Waals surface area contributed by atoms with Gasteiger partial charge >= 0.3 is 6.03 Å². The average molecular weight is 337 g/mol. The lowest BCUT2D eigenvalue weighted by Gasteiger charge is -2.30. The number of carbonyl (C=O) groups excluding carboxylic acids is 3. The molecule has 0 aromatic carbocycles. The van der Waals surface area contributed by atoms with Gasteiger partial charge in [-0.25, -0.2) is 4.79 Å². The highest BCUT2D eigenvalue weighted by Crippen LogP contribution is 2.33. The number of nitrogens with zero attached hydrogens (tertiary/aromatic N) is 1. The Bertz CT molecular complexity index is 472. The van der Waals surface area contributed by atoms with Gasteiger partial charge in [0.2, 0.25) is 5.91 Å². The summed E-state index contributed by atoms with van der Waals surface area (Å²) in [6.45, 7) is 3.96. The third kappa shape index (κ3) is 4.48. The second-order valence-corrected chi connectivity index (χ2v) is 7.28. The molecule has 0 radical (unpaired) electrons. The molecule has 0 aromatic heterocycles. The van der Waals surface area contributed by atoms with E-state index in [2.05, 4.69) is 17.6 Å². The fourth-order valence-corrected chi connectivity index (χ4v) is 3.73. The minimum atomic E-state index is -0.749. The minimum Gasteiger partial charge on any atom is -0.352 e. The number of rotatable bonds is 8. The quantitative estimate of drug-likeness (QED) is 0.528. The van der Waals surface area contributed by atoms with Crippen molar-refractivity contribution in [2.24, 2.45) is 0 Å². The molecule has 1 saturated carbocycles. The van der Waals surface area contributed by atoms with E-state index < -0.39 is 11.6 Å². The lowest BCUT2D eigenvalue weighted by atomic mass is 9.82. The number of nitrogens with one attached hydrogen (secondary N) is 2. The summed E-state index contributed by atoms with van der Waals surface area (Å²) < 4.78 is 0. The third-order valence-electron chi connectivity index (χ3n) is 5.15. The van der Waals surface area contributed by atoms with Crippen molar-refractivity contribution in [2.45, 2.75) is 89.6 Å². The topological polar surface area (TPSA) is 78.5 Å². The van der Waals surface area contributed by atoms with E-state index in [1.807, 2.05) is 6.92 Å². The summed E-state index contributed by atoms with van der Waals surface area (Å²) in [5.41, 5.74) is -0.749. The van der Waals surface area contributed by atoms with Crippen LogP contribution in [0.4, 0.5) is 4.79 Å². The second kappa shape index (κ2) is 8.49. The van der Waals surface area contributed by atoms with Gasteiger partial charge in [0.25, 0.3) is 5.91 Å². The van der Waals surface area contributed by atoms with E-state index in [1.165, 1.54) is 19.3 Å². The number of amides is 4. The number of hydrogen-bond acceptors (Lipinski definition) is 3. The summed E-state index contributed by atoms with van der Waals surface area (Å²) in [4.78, 5) is 38.0. The molecule has 1 heterocycles. The number of unbranched alkanes of at least 4 members (excludes halogenated alkanes) is 3. The van der Waals surface area contributed by atoms with Crippen LogP contribution in [0, 0.1) is 0 Å². The first kappa shape index (κ1) is 18.7. The van der Waals surface area contributed by atoms with Crippen molar-refractivity contribution in [1.82, 2.24) is 15.5 Å². The van der Waals surface area contributed by atoms with E-state index in [1.54, 1.807) is 0 Å². The third-order valence-corrected chi connectivity index (χ3v) is 5.15. The molecule has 0 aromatic rings. The van der Waals surface area contributed by atoms with Crippen molar-refractivity contribution in [1.29, 1.82) is 0 Å². The van der Waals surface area contributed by atoms with Crippen LogP contribution in [0.25, 0.3) is 0 Å². The molecule has 2 N–H and O–H groups in total. The molecule has 6 heteroatoms. The Morgan fingerprint density at radius 3 is 2.58 bits per heavy atom. The predicted octanol–water partition coefficient (Wildman–Crippen LogP) is 2.72. The zero-order chi connectivity index (χ0) is 17.6. The van der Waals surface area contributed by atoms with E-state index >= 15 is 0 Å². The first-order valence-electron chi connectivity index (χ1n) is 9.42. The highest BCUT2D eigenvalue weighted by Gasteiger charge is 2.51. The molecule has 1 spiro atoms. The molecular formula is C18H31N3O3. The summed E-state index contributed by atoms with van der Waals surface area (Å²) >= 11 is 0. The van der Waals surface area contributed by atoms with Gasteiger partial charge in [0.05, 0.1) is 0 Å². The highest BCUT2D eigenvalue weighted by molar-refractivity contribution is 6.09. The molecule has 2 fully saturated rings. The van der Waals surface area contributed by atoms with E-state index in [0.717, 1.165) is 37.0 Å². The first-order valence-corrected chi connectivity index (χ1v) is 9.42. The van der Waals surface area contributed by atoms with Crippen LogP contribution in [0.15, 0.2) is 0 Å². The summed E-state index contributed by atoms with van der Waals surface area (Å²) in [5.74, 6) is -0.479. The Balaban J connectivity index is 1.81. The molecule has 1 saturated heterocycles. The summed E-state index contributed by atoms with van der Waals surface area (Å²) in [7, 11) is 0. The molecule has 6 nitrogen and oxygen atoms in total. The molecule has 2 rings (SSSR count). The summed E-state index contributed by atoms with van der Waals surface area (Å²) in [5, 5.41) is 5.74. The average Bonchev–Trinajstić information content (AvgIpc) is 2.76. The van der Waals surface area contributed by atoms with Crippen molar-refractivity contribution >= 4 is 17.8 Å². The smallest absolute Gasteiger partial charge is 0.325 e. The molecule has 0 bridgehead atoms. The van der Waals surface area contributed by atoms with Crippen LogP contribution in [-0.4, -0.2) is 40.9 Å².